The molecule has 0 spiro atoms. The number of benzene rings is 1. The van der Waals surface area contributed by atoms with Crippen LogP contribution in [0.1, 0.15) is 12.5 Å². The van der Waals surface area contributed by atoms with Crippen molar-refractivity contribution in [2.45, 2.75) is 6.92 Å². The second kappa shape index (κ2) is 6.32. The first kappa shape index (κ1) is 12.8. The van der Waals surface area contributed by atoms with Crippen molar-refractivity contribution in [3.8, 4) is 5.75 Å². The van der Waals surface area contributed by atoms with Crippen molar-refractivity contribution in [2.75, 3.05) is 6.61 Å². The smallest absolute Gasteiger partial charge is 0.272 e. The fraction of sp³-hybridized carbons (Fsp3) is 0.167. The lowest BCUT2D eigenvalue weighted by Gasteiger charge is -2.02. The Hall–Kier alpha value is -2.30. The normalized spacial score (nSPS) is 10.2. The van der Waals surface area contributed by atoms with Gasteiger partial charge in [0.2, 0.25) is 0 Å². The van der Waals surface area contributed by atoms with Gasteiger partial charge in [0.1, 0.15) is 5.75 Å². The largest absolute Gasteiger partial charge is 0.494 e. The Labute approximate surface area is 99.8 Å². The fourth-order valence-corrected chi connectivity index (χ4v) is 1.21. The summed E-state index contributed by atoms with van der Waals surface area (Å²) in [5.74, 6) is 0.0125. The van der Waals surface area contributed by atoms with Crippen molar-refractivity contribution in [3.05, 3.63) is 35.9 Å². The Morgan fingerprint density at radius 3 is 2.88 bits per heavy atom. The lowest BCUT2D eigenvalue weighted by molar-refractivity contribution is -0.113. The van der Waals surface area contributed by atoms with Crippen molar-refractivity contribution < 1.29 is 9.53 Å². The maximum Gasteiger partial charge on any atom is 0.272 e. The first-order chi connectivity index (χ1) is 8.11. The van der Waals surface area contributed by atoms with Gasteiger partial charge in [-0.3, -0.25) is 4.79 Å². The molecule has 0 fully saturated rings. The predicted molar refractivity (Wildman–Crippen MR) is 67.5 cm³/mol. The molecule has 17 heavy (non-hydrogen) atoms. The van der Waals surface area contributed by atoms with E-state index in [9.17, 15) is 4.79 Å². The summed E-state index contributed by atoms with van der Waals surface area (Å²) in [6.45, 7) is 2.50. The van der Waals surface area contributed by atoms with Crippen LogP contribution in [0.15, 0.2) is 35.3 Å². The summed E-state index contributed by atoms with van der Waals surface area (Å²) in [5, 5.41) is 0. The highest BCUT2D eigenvalue weighted by molar-refractivity contribution is 5.99. The Bertz CT molecular complexity index is 449. The standard InChI is InChI=1S/C12H15N3O2/c1-2-17-10-5-3-4-9(8-10)6-7-11(16)15-12(13)14/h3-8H,2H2,1H3,(H4,13,14,15,16). The first-order valence-corrected chi connectivity index (χ1v) is 5.16. The van der Waals surface area contributed by atoms with Crippen molar-refractivity contribution in [3.63, 3.8) is 0 Å². The minimum atomic E-state index is -0.494. The van der Waals surface area contributed by atoms with Gasteiger partial charge in [-0.25, -0.2) is 0 Å². The molecule has 0 radical (unpaired) electrons. The predicted octanol–water partition coefficient (Wildman–Crippen LogP) is 0.898. The molecule has 0 aliphatic heterocycles. The van der Waals surface area contributed by atoms with Crippen LogP contribution in [0.25, 0.3) is 6.08 Å². The van der Waals surface area contributed by atoms with E-state index in [1.165, 1.54) is 6.08 Å². The summed E-state index contributed by atoms with van der Waals surface area (Å²) in [6, 6.07) is 7.36. The quantitative estimate of drug-likeness (QED) is 0.459. The van der Waals surface area contributed by atoms with Crippen LogP contribution in [0, 0.1) is 0 Å². The van der Waals surface area contributed by atoms with Crippen LogP contribution in [0.5, 0.6) is 5.75 Å². The van der Waals surface area contributed by atoms with Crippen LogP contribution in [0.3, 0.4) is 0 Å². The van der Waals surface area contributed by atoms with E-state index in [1.807, 2.05) is 31.2 Å². The minimum absolute atomic E-state index is 0.247. The highest BCUT2D eigenvalue weighted by Crippen LogP contribution is 2.14. The summed E-state index contributed by atoms with van der Waals surface area (Å²) in [5.41, 5.74) is 11.0. The summed E-state index contributed by atoms with van der Waals surface area (Å²) in [4.78, 5) is 14.5. The van der Waals surface area contributed by atoms with Gasteiger partial charge in [-0.1, -0.05) is 12.1 Å². The molecule has 90 valence electrons. The molecule has 0 aliphatic rings. The summed E-state index contributed by atoms with van der Waals surface area (Å²) in [7, 11) is 0. The van der Waals surface area contributed by atoms with Gasteiger partial charge in [-0.15, -0.1) is 0 Å². The third-order valence-corrected chi connectivity index (χ3v) is 1.83. The van der Waals surface area contributed by atoms with Gasteiger partial charge in [0.05, 0.1) is 6.61 Å². The fourth-order valence-electron chi connectivity index (χ4n) is 1.21. The molecule has 0 unspecified atom stereocenters. The van der Waals surface area contributed by atoms with Crippen LogP contribution >= 0.6 is 0 Å². The molecule has 0 heterocycles. The van der Waals surface area contributed by atoms with Crippen LogP contribution in [0.4, 0.5) is 0 Å². The maximum atomic E-state index is 11.2. The summed E-state index contributed by atoms with van der Waals surface area (Å²) in [6.07, 6.45) is 2.92. The molecule has 0 saturated carbocycles. The second-order valence-corrected chi connectivity index (χ2v) is 3.21. The third-order valence-electron chi connectivity index (χ3n) is 1.83. The number of nitrogens with two attached hydrogens (primary N) is 2. The molecule has 0 atom stereocenters. The lowest BCUT2D eigenvalue weighted by Crippen LogP contribution is -2.23. The number of nitrogens with zero attached hydrogens (tertiary/aromatic N) is 1. The van der Waals surface area contributed by atoms with E-state index >= 15 is 0 Å². The molecule has 0 saturated heterocycles. The van der Waals surface area contributed by atoms with E-state index < -0.39 is 5.91 Å². The van der Waals surface area contributed by atoms with Crippen molar-refractivity contribution in [2.24, 2.45) is 16.5 Å². The van der Waals surface area contributed by atoms with Gasteiger partial charge < -0.3 is 16.2 Å². The first-order valence-electron chi connectivity index (χ1n) is 5.16. The van der Waals surface area contributed by atoms with E-state index in [4.69, 9.17) is 16.2 Å². The van der Waals surface area contributed by atoms with Gasteiger partial charge in [0.25, 0.3) is 5.91 Å². The number of carbonyl (C=O) groups is 1. The number of rotatable bonds is 4. The van der Waals surface area contributed by atoms with E-state index in [0.717, 1.165) is 11.3 Å². The molecule has 0 aliphatic carbocycles. The highest BCUT2D eigenvalue weighted by atomic mass is 16.5. The number of amides is 1. The number of hydrogen-bond donors (Lipinski definition) is 2. The van der Waals surface area contributed by atoms with Gasteiger partial charge in [-0.2, -0.15) is 4.99 Å². The number of hydrogen-bond acceptors (Lipinski definition) is 2. The molecule has 1 aromatic rings. The third kappa shape index (κ3) is 4.83. The zero-order valence-electron chi connectivity index (χ0n) is 9.59. The molecule has 5 heteroatoms. The summed E-state index contributed by atoms with van der Waals surface area (Å²) < 4.78 is 5.33. The Morgan fingerprint density at radius 1 is 1.47 bits per heavy atom. The Morgan fingerprint density at radius 2 is 2.24 bits per heavy atom. The second-order valence-electron chi connectivity index (χ2n) is 3.21. The molecule has 1 rings (SSSR count). The van der Waals surface area contributed by atoms with E-state index in [-0.39, 0.29) is 5.96 Å². The molecule has 0 aromatic heterocycles. The minimum Gasteiger partial charge on any atom is -0.494 e. The van der Waals surface area contributed by atoms with Crippen LogP contribution < -0.4 is 16.2 Å². The van der Waals surface area contributed by atoms with Gasteiger partial charge in [-0.05, 0) is 30.7 Å². The lowest BCUT2D eigenvalue weighted by atomic mass is 10.2. The Balaban J connectivity index is 2.74. The van der Waals surface area contributed by atoms with E-state index in [1.54, 1.807) is 6.08 Å². The molecule has 0 bridgehead atoms. The topological polar surface area (TPSA) is 90.7 Å². The molecule has 4 N–H and O–H groups in total. The van der Waals surface area contributed by atoms with Crippen molar-refractivity contribution >= 4 is 17.9 Å². The zero-order chi connectivity index (χ0) is 12.7. The average molecular weight is 233 g/mol. The number of carbonyl (C=O) groups excluding carboxylic acids is 1. The number of guanidine groups is 1. The van der Waals surface area contributed by atoms with Gasteiger partial charge in [0, 0.05) is 6.08 Å². The Kier molecular flexibility index (Phi) is 4.75. The van der Waals surface area contributed by atoms with Gasteiger partial charge in [0.15, 0.2) is 5.96 Å². The summed E-state index contributed by atoms with van der Waals surface area (Å²) >= 11 is 0. The molecule has 1 amide bonds. The highest BCUT2D eigenvalue weighted by Gasteiger charge is 1.95. The molecule has 5 nitrogen and oxygen atoms in total. The number of aliphatic imine (C=N–C) groups is 1. The maximum absolute atomic E-state index is 11.2. The van der Waals surface area contributed by atoms with E-state index in [2.05, 4.69) is 4.99 Å². The SMILES string of the molecule is CCOc1cccc(C=CC(=O)N=C(N)N)c1. The van der Waals surface area contributed by atoms with Crippen LogP contribution in [-0.4, -0.2) is 18.5 Å². The average Bonchev–Trinajstić information content (AvgIpc) is 2.26. The monoisotopic (exact) mass is 233 g/mol. The van der Waals surface area contributed by atoms with E-state index in [0.29, 0.717) is 6.61 Å². The van der Waals surface area contributed by atoms with Gasteiger partial charge >= 0.3 is 0 Å². The molecular formula is C12H15N3O2. The van der Waals surface area contributed by atoms with Crippen molar-refractivity contribution in [1.82, 2.24) is 0 Å². The molecular weight excluding hydrogens is 218 g/mol. The van der Waals surface area contributed by atoms with Crippen LogP contribution in [-0.2, 0) is 4.79 Å². The van der Waals surface area contributed by atoms with Crippen molar-refractivity contribution in [1.29, 1.82) is 0 Å². The molecule has 1 aromatic carbocycles. The number of ether oxygens (including phenoxy) is 1. The zero-order valence-corrected chi connectivity index (χ0v) is 9.59. The van der Waals surface area contributed by atoms with Crippen LogP contribution in [0.2, 0.25) is 0 Å².